The summed E-state index contributed by atoms with van der Waals surface area (Å²) in [7, 11) is -3.49. The highest BCUT2D eigenvalue weighted by atomic mass is 32.2. The quantitative estimate of drug-likeness (QED) is 0.868. The van der Waals surface area contributed by atoms with E-state index in [1.807, 2.05) is 4.90 Å². The van der Waals surface area contributed by atoms with E-state index in [0.29, 0.717) is 5.00 Å². The maximum absolute atomic E-state index is 12.3. The molecule has 1 amide bonds. The maximum atomic E-state index is 12.3. The Morgan fingerprint density at radius 3 is 2.40 bits per heavy atom. The van der Waals surface area contributed by atoms with Gasteiger partial charge in [0.2, 0.25) is 0 Å². The molecule has 1 fully saturated rings. The number of sulfone groups is 1. The summed E-state index contributed by atoms with van der Waals surface area (Å²) < 4.78 is 24.5. The van der Waals surface area contributed by atoms with Crippen LogP contribution in [0.1, 0.15) is 35.9 Å². The number of piperidine rings is 1. The van der Waals surface area contributed by atoms with Gasteiger partial charge >= 0.3 is 0 Å². The molecule has 2 rings (SSSR count). The number of nitrogen functional groups attached to an aromatic ring is 1. The van der Waals surface area contributed by atoms with E-state index in [1.165, 1.54) is 0 Å². The first-order valence-electron chi connectivity index (χ1n) is 6.58. The number of nitrogens with two attached hydrogens (primary N) is 2. The van der Waals surface area contributed by atoms with E-state index in [2.05, 4.69) is 0 Å². The predicted molar refractivity (Wildman–Crippen MR) is 81.0 cm³/mol. The second-order valence-electron chi connectivity index (χ2n) is 4.79. The zero-order valence-corrected chi connectivity index (χ0v) is 13.0. The van der Waals surface area contributed by atoms with Crippen molar-refractivity contribution in [1.29, 1.82) is 0 Å². The molecule has 4 N–H and O–H groups in total. The highest BCUT2D eigenvalue weighted by molar-refractivity contribution is 7.92. The fourth-order valence-electron chi connectivity index (χ4n) is 2.35. The summed E-state index contributed by atoms with van der Waals surface area (Å²) in [6, 6.07) is 0. The van der Waals surface area contributed by atoms with Crippen molar-refractivity contribution in [1.82, 2.24) is 0 Å². The summed E-state index contributed by atoms with van der Waals surface area (Å²) in [6.45, 7) is 3.13. The van der Waals surface area contributed by atoms with E-state index in [1.54, 1.807) is 6.92 Å². The normalized spacial score (nSPS) is 16.4. The lowest BCUT2D eigenvalue weighted by Crippen LogP contribution is -2.30. The van der Waals surface area contributed by atoms with E-state index in [-0.39, 0.29) is 21.2 Å². The van der Waals surface area contributed by atoms with Crippen molar-refractivity contribution in [2.24, 2.45) is 5.73 Å². The molecule has 1 aliphatic heterocycles. The lowest BCUT2D eigenvalue weighted by atomic mass is 10.1. The molecule has 112 valence electrons. The Hall–Kier alpha value is -1.28. The molecule has 0 aliphatic carbocycles. The summed E-state index contributed by atoms with van der Waals surface area (Å²) in [5.41, 5.74) is 11.2. The van der Waals surface area contributed by atoms with Gasteiger partial charge in [-0.05, 0) is 19.3 Å². The minimum Gasteiger partial charge on any atom is -0.396 e. The van der Waals surface area contributed by atoms with Gasteiger partial charge in [0.25, 0.3) is 5.91 Å². The third-order valence-corrected chi connectivity index (χ3v) is 6.65. The van der Waals surface area contributed by atoms with Crippen LogP contribution in [0, 0.1) is 0 Å². The van der Waals surface area contributed by atoms with Crippen LogP contribution < -0.4 is 16.4 Å². The number of primary amides is 1. The van der Waals surface area contributed by atoms with Crippen molar-refractivity contribution in [3.05, 3.63) is 4.88 Å². The highest BCUT2D eigenvalue weighted by Crippen LogP contribution is 2.42. The summed E-state index contributed by atoms with van der Waals surface area (Å²) in [5.74, 6) is -0.726. The molecule has 2 heterocycles. The van der Waals surface area contributed by atoms with Crippen LogP contribution >= 0.6 is 11.3 Å². The zero-order valence-electron chi connectivity index (χ0n) is 11.4. The topological polar surface area (TPSA) is 106 Å². The van der Waals surface area contributed by atoms with Gasteiger partial charge < -0.3 is 16.4 Å². The summed E-state index contributed by atoms with van der Waals surface area (Å²) in [6.07, 6.45) is 3.15. The van der Waals surface area contributed by atoms with E-state index in [0.717, 1.165) is 43.7 Å². The lowest BCUT2D eigenvalue weighted by molar-refractivity contribution is 0.100. The van der Waals surface area contributed by atoms with Crippen LogP contribution in [-0.2, 0) is 9.84 Å². The summed E-state index contributed by atoms with van der Waals surface area (Å²) in [4.78, 5) is 13.6. The van der Waals surface area contributed by atoms with Gasteiger partial charge in [-0.25, -0.2) is 8.42 Å². The molecular formula is C12H19N3O3S2. The molecule has 0 atom stereocenters. The van der Waals surface area contributed by atoms with Crippen LogP contribution in [0.25, 0.3) is 0 Å². The third-order valence-electron chi connectivity index (χ3n) is 3.44. The molecule has 0 unspecified atom stereocenters. The molecule has 1 aromatic rings. The number of hydrogen-bond acceptors (Lipinski definition) is 6. The third kappa shape index (κ3) is 2.62. The second kappa shape index (κ2) is 5.61. The molecule has 20 heavy (non-hydrogen) atoms. The summed E-state index contributed by atoms with van der Waals surface area (Å²) in [5, 5.41) is 0.567. The average molecular weight is 317 g/mol. The fraction of sp³-hybridized carbons (Fsp3) is 0.583. The minimum absolute atomic E-state index is 0.00456. The van der Waals surface area contributed by atoms with Crippen LogP contribution in [-0.4, -0.2) is 33.2 Å². The van der Waals surface area contributed by atoms with Crippen LogP contribution in [0.3, 0.4) is 0 Å². The van der Waals surface area contributed by atoms with Crippen molar-refractivity contribution in [3.8, 4) is 0 Å². The molecule has 0 bridgehead atoms. The van der Waals surface area contributed by atoms with Crippen molar-refractivity contribution in [2.45, 2.75) is 31.1 Å². The number of thiophene rings is 1. The molecule has 0 spiro atoms. The predicted octanol–water partition coefficient (Wildman–Crippen LogP) is 1.21. The monoisotopic (exact) mass is 317 g/mol. The second-order valence-corrected chi connectivity index (χ2v) is 8.01. The van der Waals surface area contributed by atoms with Crippen LogP contribution in [0.4, 0.5) is 10.7 Å². The highest BCUT2D eigenvalue weighted by Gasteiger charge is 2.31. The number of carbonyl (C=O) groups excluding carboxylic acids is 1. The van der Waals surface area contributed by atoms with Gasteiger partial charge in [-0.3, -0.25) is 4.79 Å². The molecule has 0 saturated carbocycles. The molecule has 0 aromatic carbocycles. The van der Waals surface area contributed by atoms with Crippen molar-refractivity contribution in [3.63, 3.8) is 0 Å². The van der Waals surface area contributed by atoms with Crippen molar-refractivity contribution in [2.75, 3.05) is 29.5 Å². The van der Waals surface area contributed by atoms with Gasteiger partial charge in [0.15, 0.2) is 9.84 Å². The van der Waals surface area contributed by atoms with Crippen LogP contribution in [0.2, 0.25) is 0 Å². The number of carbonyl (C=O) groups is 1. The molecular weight excluding hydrogens is 298 g/mol. The Labute approximate surface area is 122 Å². The number of anilines is 2. The fourth-order valence-corrected chi connectivity index (χ4v) is 5.06. The Morgan fingerprint density at radius 2 is 1.90 bits per heavy atom. The number of nitrogens with zero attached hydrogens (tertiary/aromatic N) is 1. The standard InChI is InChI=1S/C12H19N3O3S2/c1-2-20(17,18)10-8(13)9(11(14)16)19-12(10)15-6-4-3-5-7-15/h2-7,13H2,1H3,(H2,14,16). The largest absolute Gasteiger partial charge is 0.396 e. The maximum Gasteiger partial charge on any atom is 0.261 e. The molecule has 1 saturated heterocycles. The molecule has 1 aliphatic rings. The Balaban J connectivity index is 2.59. The van der Waals surface area contributed by atoms with Gasteiger partial charge in [-0.1, -0.05) is 6.92 Å². The van der Waals surface area contributed by atoms with Gasteiger partial charge in [0.05, 0.1) is 11.4 Å². The molecule has 1 aromatic heterocycles. The number of rotatable bonds is 4. The first-order valence-corrected chi connectivity index (χ1v) is 9.05. The Bertz CT molecular complexity index is 616. The average Bonchev–Trinajstić information content (AvgIpc) is 2.78. The van der Waals surface area contributed by atoms with Gasteiger partial charge in [0.1, 0.15) is 14.8 Å². The van der Waals surface area contributed by atoms with E-state index < -0.39 is 15.7 Å². The SMILES string of the molecule is CCS(=O)(=O)c1c(N2CCCCC2)sc(C(N)=O)c1N. The smallest absolute Gasteiger partial charge is 0.261 e. The van der Waals surface area contributed by atoms with Crippen molar-refractivity contribution >= 4 is 37.8 Å². The number of amides is 1. The first-order chi connectivity index (χ1) is 9.38. The minimum atomic E-state index is -3.49. The van der Waals surface area contributed by atoms with E-state index in [9.17, 15) is 13.2 Å². The van der Waals surface area contributed by atoms with Gasteiger partial charge in [-0.2, -0.15) is 0 Å². The van der Waals surface area contributed by atoms with E-state index in [4.69, 9.17) is 11.5 Å². The van der Waals surface area contributed by atoms with Gasteiger partial charge in [-0.15, -0.1) is 11.3 Å². The lowest BCUT2D eigenvalue weighted by Gasteiger charge is -2.28. The Kier molecular flexibility index (Phi) is 4.24. The van der Waals surface area contributed by atoms with Crippen molar-refractivity contribution < 1.29 is 13.2 Å². The van der Waals surface area contributed by atoms with Crippen LogP contribution in [0.5, 0.6) is 0 Å². The zero-order chi connectivity index (χ0) is 14.9. The summed E-state index contributed by atoms with van der Waals surface area (Å²) >= 11 is 1.09. The van der Waals surface area contributed by atoms with E-state index >= 15 is 0 Å². The molecule has 0 radical (unpaired) electrons. The first kappa shape index (κ1) is 15.1. The molecule has 6 nitrogen and oxygen atoms in total. The number of hydrogen-bond donors (Lipinski definition) is 2. The Morgan fingerprint density at radius 1 is 1.30 bits per heavy atom. The molecule has 8 heteroatoms. The van der Waals surface area contributed by atoms with Crippen LogP contribution in [0.15, 0.2) is 4.90 Å². The van der Waals surface area contributed by atoms with Gasteiger partial charge in [0, 0.05) is 13.1 Å².